The van der Waals surface area contributed by atoms with Gasteiger partial charge in [-0.2, -0.15) is 0 Å². The van der Waals surface area contributed by atoms with Gasteiger partial charge < -0.3 is 24.8 Å². The van der Waals surface area contributed by atoms with E-state index in [4.69, 9.17) is 14.2 Å². The lowest BCUT2D eigenvalue weighted by Gasteiger charge is -2.26. The highest BCUT2D eigenvalue weighted by Crippen LogP contribution is 2.18. The topological polar surface area (TPSA) is 85.9 Å². The van der Waals surface area contributed by atoms with Crippen LogP contribution >= 0.6 is 0 Å². The second kappa shape index (κ2) is 8.60. The molecule has 142 valence electrons. The van der Waals surface area contributed by atoms with Crippen LogP contribution in [0.5, 0.6) is 5.75 Å². The molecule has 7 heteroatoms. The maximum absolute atomic E-state index is 12.2. The Morgan fingerprint density at radius 2 is 2.27 bits per heavy atom. The summed E-state index contributed by atoms with van der Waals surface area (Å²) in [4.78, 5) is 23.6. The first kappa shape index (κ1) is 19.6. The maximum atomic E-state index is 12.2. The van der Waals surface area contributed by atoms with Crippen LogP contribution in [0.4, 0.5) is 9.59 Å². The van der Waals surface area contributed by atoms with E-state index in [2.05, 4.69) is 17.2 Å². The number of alkyl carbamates (subject to hydrolysis) is 2. The molecule has 0 spiro atoms. The van der Waals surface area contributed by atoms with Crippen molar-refractivity contribution in [3.05, 3.63) is 42.5 Å². The number of benzene rings is 1. The van der Waals surface area contributed by atoms with E-state index >= 15 is 0 Å². The molecule has 2 amide bonds. The minimum absolute atomic E-state index is 0.325. The van der Waals surface area contributed by atoms with E-state index in [0.29, 0.717) is 25.3 Å². The van der Waals surface area contributed by atoms with Gasteiger partial charge in [0.25, 0.3) is 0 Å². The van der Waals surface area contributed by atoms with Crippen LogP contribution in [-0.2, 0) is 15.9 Å². The van der Waals surface area contributed by atoms with Crippen LogP contribution in [-0.4, -0.2) is 43.1 Å². The zero-order chi connectivity index (χ0) is 19.2. The van der Waals surface area contributed by atoms with Crippen molar-refractivity contribution in [2.75, 3.05) is 13.2 Å². The third kappa shape index (κ3) is 6.31. The van der Waals surface area contributed by atoms with Gasteiger partial charge in [-0.05, 0) is 44.9 Å². The highest BCUT2D eigenvalue weighted by molar-refractivity contribution is 5.71. The Morgan fingerprint density at radius 1 is 1.50 bits per heavy atom. The number of amides is 2. The molecular weight excluding hydrogens is 336 g/mol. The number of carbonyl (C=O) groups is 2. The Labute approximate surface area is 153 Å². The van der Waals surface area contributed by atoms with Crippen molar-refractivity contribution in [3.63, 3.8) is 0 Å². The van der Waals surface area contributed by atoms with Crippen LogP contribution in [0.1, 0.15) is 26.3 Å². The fourth-order valence-electron chi connectivity index (χ4n) is 2.53. The molecule has 1 aliphatic rings. The van der Waals surface area contributed by atoms with Crippen LogP contribution in [0.3, 0.4) is 0 Å². The van der Waals surface area contributed by atoms with E-state index in [1.54, 1.807) is 26.8 Å². The predicted octanol–water partition coefficient (Wildman–Crippen LogP) is 2.80. The van der Waals surface area contributed by atoms with Gasteiger partial charge in [-0.15, -0.1) is 0 Å². The molecule has 1 heterocycles. The highest BCUT2D eigenvalue weighted by Gasteiger charge is 2.33. The normalized spacial score (nSPS) is 17.7. The molecule has 26 heavy (non-hydrogen) atoms. The van der Waals surface area contributed by atoms with Gasteiger partial charge in [0, 0.05) is 0 Å². The van der Waals surface area contributed by atoms with Crippen LogP contribution in [0.2, 0.25) is 0 Å². The summed E-state index contributed by atoms with van der Waals surface area (Å²) >= 11 is 0. The Morgan fingerprint density at radius 3 is 2.88 bits per heavy atom. The molecule has 1 saturated heterocycles. The summed E-state index contributed by atoms with van der Waals surface area (Å²) in [5.41, 5.74) is 0.327. The molecule has 0 radical (unpaired) electrons. The molecule has 0 aromatic heterocycles. The zero-order valence-corrected chi connectivity index (χ0v) is 15.4. The average molecular weight is 362 g/mol. The molecule has 0 aliphatic carbocycles. The van der Waals surface area contributed by atoms with Crippen LogP contribution in [0, 0.1) is 0 Å². The van der Waals surface area contributed by atoms with Crippen LogP contribution < -0.4 is 15.4 Å². The summed E-state index contributed by atoms with van der Waals surface area (Å²) in [5, 5.41) is 5.42. The van der Waals surface area contributed by atoms with Gasteiger partial charge in [-0.3, -0.25) is 0 Å². The Hall–Kier alpha value is -2.70. The van der Waals surface area contributed by atoms with Gasteiger partial charge in [0.1, 0.15) is 24.1 Å². The Bertz CT molecular complexity index is 654. The van der Waals surface area contributed by atoms with Crippen LogP contribution in [0.15, 0.2) is 36.9 Å². The molecule has 1 fully saturated rings. The standard InChI is InChI=1S/C19H26N2O5/c1-5-9-24-14-8-6-7-13(10-14)11-15(16-12-20-17(22)25-16)21-18(23)26-19(2,3)4/h5-8,10,15-16H,1,9,11-12H2,2-4H3,(H,20,22)(H,21,23). The highest BCUT2D eigenvalue weighted by atomic mass is 16.6. The van der Waals surface area contributed by atoms with Crippen molar-refractivity contribution >= 4 is 12.2 Å². The summed E-state index contributed by atoms with van der Waals surface area (Å²) in [5.74, 6) is 0.708. The molecule has 0 saturated carbocycles. The molecule has 1 aliphatic heterocycles. The molecule has 2 N–H and O–H groups in total. The minimum atomic E-state index is -0.613. The van der Waals surface area contributed by atoms with E-state index in [1.807, 2.05) is 24.3 Å². The van der Waals surface area contributed by atoms with Crippen molar-refractivity contribution in [2.24, 2.45) is 0 Å². The molecule has 2 rings (SSSR count). The second-order valence-corrected chi connectivity index (χ2v) is 7.03. The summed E-state index contributed by atoms with van der Waals surface area (Å²) < 4.78 is 16.1. The fourth-order valence-corrected chi connectivity index (χ4v) is 2.53. The smallest absolute Gasteiger partial charge is 0.408 e. The van der Waals surface area contributed by atoms with Crippen molar-refractivity contribution < 1.29 is 23.8 Å². The molecule has 1 aromatic rings. The van der Waals surface area contributed by atoms with Crippen LogP contribution in [0.25, 0.3) is 0 Å². The summed E-state index contributed by atoms with van der Waals surface area (Å²) in [6, 6.07) is 7.10. The van der Waals surface area contributed by atoms with Gasteiger partial charge in [-0.25, -0.2) is 9.59 Å². The van der Waals surface area contributed by atoms with Crippen molar-refractivity contribution in [2.45, 2.75) is 44.9 Å². The monoisotopic (exact) mass is 362 g/mol. The maximum Gasteiger partial charge on any atom is 0.408 e. The van der Waals surface area contributed by atoms with E-state index in [1.165, 1.54) is 0 Å². The summed E-state index contributed by atoms with van der Waals surface area (Å²) in [6.07, 6.45) is 0.610. The number of carbonyl (C=O) groups excluding carboxylic acids is 2. The van der Waals surface area contributed by atoms with E-state index in [0.717, 1.165) is 5.56 Å². The van der Waals surface area contributed by atoms with Gasteiger partial charge >= 0.3 is 12.2 Å². The van der Waals surface area contributed by atoms with E-state index in [9.17, 15) is 9.59 Å². The number of rotatable bonds is 7. The summed E-state index contributed by atoms with van der Waals surface area (Å²) in [6.45, 7) is 9.73. The third-order valence-electron chi connectivity index (χ3n) is 3.58. The lowest BCUT2D eigenvalue weighted by molar-refractivity contribution is 0.0436. The number of ether oxygens (including phenoxy) is 3. The Balaban J connectivity index is 2.09. The zero-order valence-electron chi connectivity index (χ0n) is 15.4. The average Bonchev–Trinajstić information content (AvgIpc) is 2.97. The predicted molar refractivity (Wildman–Crippen MR) is 97.3 cm³/mol. The number of hydrogen-bond acceptors (Lipinski definition) is 5. The van der Waals surface area contributed by atoms with Gasteiger partial charge in [0.05, 0.1) is 12.6 Å². The molecular formula is C19H26N2O5. The summed E-state index contributed by atoms with van der Waals surface area (Å²) in [7, 11) is 0. The lowest BCUT2D eigenvalue weighted by atomic mass is 10.0. The Kier molecular flexibility index (Phi) is 6.49. The first-order valence-corrected chi connectivity index (χ1v) is 8.53. The third-order valence-corrected chi connectivity index (χ3v) is 3.58. The molecule has 0 bridgehead atoms. The first-order valence-electron chi connectivity index (χ1n) is 8.53. The molecule has 1 aromatic carbocycles. The van der Waals surface area contributed by atoms with Crippen molar-refractivity contribution in [3.8, 4) is 5.75 Å². The van der Waals surface area contributed by atoms with Gasteiger partial charge in [0.2, 0.25) is 0 Å². The van der Waals surface area contributed by atoms with Gasteiger partial charge in [0.15, 0.2) is 0 Å². The molecule has 2 atom stereocenters. The molecule has 7 nitrogen and oxygen atoms in total. The number of hydrogen-bond donors (Lipinski definition) is 2. The number of nitrogens with one attached hydrogen (secondary N) is 2. The van der Waals surface area contributed by atoms with Crippen molar-refractivity contribution in [1.29, 1.82) is 0 Å². The quantitative estimate of drug-likeness (QED) is 0.729. The first-order chi connectivity index (χ1) is 12.3. The lowest BCUT2D eigenvalue weighted by Crippen LogP contribution is -2.48. The van der Waals surface area contributed by atoms with E-state index in [-0.39, 0.29) is 0 Å². The minimum Gasteiger partial charge on any atom is -0.490 e. The largest absolute Gasteiger partial charge is 0.490 e. The fraction of sp³-hybridized carbons (Fsp3) is 0.474. The van der Waals surface area contributed by atoms with Gasteiger partial charge in [-0.1, -0.05) is 24.8 Å². The SMILES string of the molecule is C=CCOc1cccc(CC(NC(=O)OC(C)(C)C)C2CNC(=O)O2)c1. The number of cyclic esters (lactones) is 1. The van der Waals surface area contributed by atoms with Crippen molar-refractivity contribution in [1.82, 2.24) is 10.6 Å². The molecule has 2 unspecified atom stereocenters. The second-order valence-electron chi connectivity index (χ2n) is 7.03. The van der Waals surface area contributed by atoms with E-state index < -0.39 is 29.9 Å².